The first kappa shape index (κ1) is 27.0. The number of hydrazone groups is 1. The van der Waals surface area contributed by atoms with Crippen LogP contribution in [0, 0.1) is 10.5 Å². The van der Waals surface area contributed by atoms with Gasteiger partial charge in [0.2, 0.25) is 0 Å². The largest absolute Gasteiger partial charge is 0.493 e. The summed E-state index contributed by atoms with van der Waals surface area (Å²) in [6, 6.07) is 11.6. The highest BCUT2D eigenvalue weighted by Gasteiger charge is 2.12. The van der Waals surface area contributed by atoms with Gasteiger partial charge in [0.15, 0.2) is 15.8 Å². The van der Waals surface area contributed by atoms with Gasteiger partial charge in [0.25, 0.3) is 5.91 Å². The molecule has 0 atom stereocenters. The third kappa shape index (κ3) is 8.51. The minimum atomic E-state index is -0.226. The Labute approximate surface area is 226 Å². The molecule has 1 heterocycles. The number of thioether (sulfide) groups is 1. The second-order valence-corrected chi connectivity index (χ2v) is 10.6. The van der Waals surface area contributed by atoms with Crippen molar-refractivity contribution in [3.8, 4) is 17.2 Å². The first-order valence-corrected chi connectivity index (χ1v) is 13.4. The summed E-state index contributed by atoms with van der Waals surface area (Å²) >= 11 is 4.95. The summed E-state index contributed by atoms with van der Waals surface area (Å²) in [5.41, 5.74) is 4.37. The normalized spacial score (nSPS) is 10.8. The Hall–Kier alpha value is -2.64. The molecule has 8 nitrogen and oxygen atoms in total. The number of benzene rings is 2. The van der Waals surface area contributed by atoms with Gasteiger partial charge in [0.05, 0.1) is 22.6 Å². The molecular formula is C24H25IN4O4S2. The number of allylic oxidation sites excluding steroid dienone is 1. The van der Waals surface area contributed by atoms with Crippen molar-refractivity contribution in [2.45, 2.75) is 17.7 Å². The molecule has 0 saturated heterocycles. The Kier molecular flexibility index (Phi) is 10.8. The number of ether oxygens (including phenoxy) is 3. The molecule has 2 aromatic carbocycles. The van der Waals surface area contributed by atoms with Gasteiger partial charge >= 0.3 is 0 Å². The third-order valence-corrected chi connectivity index (χ3v) is 7.19. The van der Waals surface area contributed by atoms with Crippen LogP contribution in [-0.4, -0.2) is 48.4 Å². The maximum absolute atomic E-state index is 12.0. The monoisotopic (exact) mass is 624 g/mol. The average Bonchev–Trinajstić information content (AvgIpc) is 3.27. The molecule has 1 N–H and O–H groups in total. The van der Waals surface area contributed by atoms with Crippen molar-refractivity contribution in [2.75, 3.05) is 26.1 Å². The van der Waals surface area contributed by atoms with E-state index in [0.717, 1.165) is 36.2 Å². The van der Waals surface area contributed by atoms with E-state index in [1.807, 2.05) is 43.3 Å². The smallest absolute Gasteiger partial charge is 0.250 e. The van der Waals surface area contributed by atoms with E-state index in [9.17, 15) is 4.79 Å². The summed E-state index contributed by atoms with van der Waals surface area (Å²) in [5.74, 6) is 2.00. The second kappa shape index (κ2) is 14.0. The molecule has 0 bridgehead atoms. The van der Waals surface area contributed by atoms with Crippen LogP contribution in [0.2, 0.25) is 0 Å². The molecule has 0 aliphatic rings. The minimum absolute atomic E-state index is 0.208. The number of aryl methyl sites for hydroxylation is 1. The van der Waals surface area contributed by atoms with Gasteiger partial charge in [-0.05, 0) is 65.3 Å². The Morgan fingerprint density at radius 1 is 1.23 bits per heavy atom. The molecule has 35 heavy (non-hydrogen) atoms. The number of nitrogens with one attached hydrogen (secondary N) is 1. The lowest BCUT2D eigenvalue weighted by Gasteiger charge is -2.15. The fourth-order valence-electron chi connectivity index (χ4n) is 2.89. The number of amides is 1. The van der Waals surface area contributed by atoms with Gasteiger partial charge in [-0.15, -0.1) is 16.8 Å². The molecule has 3 aromatic rings. The SMILES string of the molecule is C=CCc1ccccc1OCCOc1c(I)cc(C=NNC(=O)CSc2nnc(C)s2)cc1OC. The van der Waals surface area contributed by atoms with Crippen LogP contribution in [0.5, 0.6) is 17.2 Å². The first-order valence-electron chi connectivity index (χ1n) is 10.6. The summed E-state index contributed by atoms with van der Waals surface area (Å²) < 4.78 is 18.9. The Morgan fingerprint density at radius 2 is 2.03 bits per heavy atom. The molecule has 184 valence electrons. The standard InChI is InChI=1S/C24H25IN4O4S2/c1-4-7-18-8-5-6-9-20(18)32-10-11-33-23-19(25)12-17(13-21(23)31-3)14-26-28-22(30)15-34-24-29-27-16(2)35-24/h4-6,8-9,12-14H,1,7,10-11,15H2,2-3H3,(H,28,30). The molecule has 0 radical (unpaired) electrons. The Morgan fingerprint density at radius 3 is 2.77 bits per heavy atom. The molecule has 3 rings (SSSR count). The van der Waals surface area contributed by atoms with E-state index < -0.39 is 0 Å². The fraction of sp³-hybridized carbons (Fsp3) is 0.250. The predicted octanol–water partition coefficient (Wildman–Crippen LogP) is 4.89. The summed E-state index contributed by atoms with van der Waals surface area (Å²) in [6.45, 7) is 6.40. The predicted molar refractivity (Wildman–Crippen MR) is 148 cm³/mol. The number of aromatic nitrogens is 2. The van der Waals surface area contributed by atoms with Crippen molar-refractivity contribution in [1.82, 2.24) is 15.6 Å². The van der Waals surface area contributed by atoms with Gasteiger partial charge in [0.1, 0.15) is 24.0 Å². The molecule has 0 aliphatic heterocycles. The third-order valence-electron chi connectivity index (χ3n) is 4.41. The van der Waals surface area contributed by atoms with E-state index in [2.05, 4.69) is 49.9 Å². The summed E-state index contributed by atoms with van der Waals surface area (Å²) in [4.78, 5) is 12.0. The topological polar surface area (TPSA) is 94.9 Å². The molecule has 0 saturated carbocycles. The molecular weight excluding hydrogens is 599 g/mol. The summed E-state index contributed by atoms with van der Waals surface area (Å²) in [5, 5.41) is 12.8. The Balaban J connectivity index is 1.51. The number of halogens is 1. The maximum atomic E-state index is 12.0. The maximum Gasteiger partial charge on any atom is 0.250 e. The molecule has 0 fully saturated rings. The van der Waals surface area contributed by atoms with Gasteiger partial charge in [-0.1, -0.05) is 47.4 Å². The van der Waals surface area contributed by atoms with Crippen molar-refractivity contribution in [3.63, 3.8) is 0 Å². The van der Waals surface area contributed by atoms with Crippen molar-refractivity contribution in [2.24, 2.45) is 5.10 Å². The van der Waals surface area contributed by atoms with Crippen molar-refractivity contribution >= 4 is 57.8 Å². The van der Waals surface area contributed by atoms with Crippen LogP contribution >= 0.6 is 45.7 Å². The zero-order chi connectivity index (χ0) is 25.0. The number of rotatable bonds is 13. The number of para-hydroxylation sites is 1. The minimum Gasteiger partial charge on any atom is -0.493 e. The number of carbonyl (C=O) groups is 1. The van der Waals surface area contributed by atoms with Gasteiger partial charge in [-0.2, -0.15) is 5.10 Å². The fourth-order valence-corrected chi connectivity index (χ4v) is 5.28. The van der Waals surface area contributed by atoms with E-state index in [1.54, 1.807) is 19.4 Å². The van der Waals surface area contributed by atoms with E-state index in [-0.39, 0.29) is 11.7 Å². The molecule has 11 heteroatoms. The zero-order valence-electron chi connectivity index (χ0n) is 19.3. The molecule has 1 aromatic heterocycles. The highest BCUT2D eigenvalue weighted by molar-refractivity contribution is 14.1. The number of hydrogen-bond donors (Lipinski definition) is 1. The van der Waals surface area contributed by atoms with E-state index in [1.165, 1.54) is 23.1 Å². The lowest BCUT2D eigenvalue weighted by molar-refractivity contribution is -0.118. The van der Waals surface area contributed by atoms with E-state index >= 15 is 0 Å². The van der Waals surface area contributed by atoms with Crippen molar-refractivity contribution < 1.29 is 19.0 Å². The molecule has 0 spiro atoms. The number of methoxy groups -OCH3 is 1. The van der Waals surface area contributed by atoms with Crippen LogP contribution in [-0.2, 0) is 11.2 Å². The van der Waals surface area contributed by atoms with Gasteiger partial charge < -0.3 is 14.2 Å². The highest BCUT2D eigenvalue weighted by Crippen LogP contribution is 2.33. The van der Waals surface area contributed by atoms with Crippen LogP contribution < -0.4 is 19.6 Å². The van der Waals surface area contributed by atoms with E-state index in [4.69, 9.17) is 14.2 Å². The van der Waals surface area contributed by atoms with Crippen molar-refractivity contribution in [3.05, 3.63) is 68.8 Å². The lowest BCUT2D eigenvalue weighted by Crippen LogP contribution is -2.19. The Bertz CT molecular complexity index is 1190. The van der Waals surface area contributed by atoms with Gasteiger partial charge in [0, 0.05) is 0 Å². The van der Waals surface area contributed by atoms with Crippen LogP contribution in [0.25, 0.3) is 0 Å². The quantitative estimate of drug-likeness (QED) is 0.0723. The molecule has 0 unspecified atom stereocenters. The summed E-state index contributed by atoms with van der Waals surface area (Å²) in [6.07, 6.45) is 4.15. The van der Waals surface area contributed by atoms with Crippen LogP contribution in [0.15, 0.2) is 58.5 Å². The number of hydrogen-bond acceptors (Lipinski definition) is 9. The molecule has 0 aliphatic carbocycles. The summed E-state index contributed by atoms with van der Waals surface area (Å²) in [7, 11) is 1.58. The van der Waals surface area contributed by atoms with Gasteiger partial charge in [-0.3, -0.25) is 4.79 Å². The lowest BCUT2D eigenvalue weighted by atomic mass is 10.1. The highest BCUT2D eigenvalue weighted by atomic mass is 127. The zero-order valence-corrected chi connectivity index (χ0v) is 23.1. The second-order valence-electron chi connectivity index (χ2n) is 7.00. The molecule has 1 amide bonds. The van der Waals surface area contributed by atoms with E-state index in [0.29, 0.717) is 24.7 Å². The number of carbonyl (C=O) groups excluding carboxylic acids is 1. The number of nitrogens with zero attached hydrogens (tertiary/aromatic N) is 3. The van der Waals surface area contributed by atoms with Crippen LogP contribution in [0.3, 0.4) is 0 Å². The first-order chi connectivity index (χ1) is 17.0. The van der Waals surface area contributed by atoms with Crippen molar-refractivity contribution in [1.29, 1.82) is 0 Å². The van der Waals surface area contributed by atoms with Crippen LogP contribution in [0.4, 0.5) is 0 Å². The average molecular weight is 625 g/mol. The van der Waals surface area contributed by atoms with Crippen LogP contribution in [0.1, 0.15) is 16.1 Å². The van der Waals surface area contributed by atoms with Gasteiger partial charge in [-0.25, -0.2) is 5.43 Å².